The number of hydrogen-bond acceptors (Lipinski definition) is 6. The normalized spacial score (nSPS) is 22.2. The van der Waals surface area contributed by atoms with Gasteiger partial charge in [-0.2, -0.15) is 10.2 Å². The minimum atomic E-state index is -0.330. The van der Waals surface area contributed by atoms with Crippen molar-refractivity contribution in [2.75, 3.05) is 26.3 Å². The van der Waals surface area contributed by atoms with Gasteiger partial charge in [-0.3, -0.25) is 14.2 Å². The number of aromatic nitrogens is 6. The van der Waals surface area contributed by atoms with Crippen LogP contribution in [0.2, 0.25) is 0 Å². The molecule has 220 valence electrons. The minimum Gasteiger partial charge on any atom is -0.381 e. The summed E-state index contributed by atoms with van der Waals surface area (Å²) >= 11 is 0. The molecule has 3 aliphatic heterocycles. The number of ether oxygens (including phenoxy) is 2. The second-order valence-electron chi connectivity index (χ2n) is 13.2. The average Bonchev–Trinajstić information content (AvgIpc) is 3.83. The molecule has 10 heteroatoms. The van der Waals surface area contributed by atoms with Crippen LogP contribution in [0.4, 0.5) is 0 Å². The van der Waals surface area contributed by atoms with Gasteiger partial charge in [-0.25, -0.2) is 4.98 Å². The Kier molecular flexibility index (Phi) is 5.33. The van der Waals surface area contributed by atoms with Crippen LogP contribution in [0.5, 0.6) is 0 Å². The van der Waals surface area contributed by atoms with E-state index in [1.54, 1.807) is 0 Å². The van der Waals surface area contributed by atoms with E-state index in [-0.39, 0.29) is 22.8 Å². The van der Waals surface area contributed by atoms with Crippen LogP contribution in [0.1, 0.15) is 43.2 Å². The molecule has 1 N–H and O–H groups in total. The summed E-state index contributed by atoms with van der Waals surface area (Å²) in [6, 6.07) is 6.58. The summed E-state index contributed by atoms with van der Waals surface area (Å²) in [4.78, 5) is 23.7. The van der Waals surface area contributed by atoms with E-state index in [9.17, 15) is 4.79 Å². The molecule has 4 aliphatic rings. The quantitative estimate of drug-likeness (QED) is 0.334. The zero-order valence-electron chi connectivity index (χ0n) is 24.6. The number of nitrogens with zero attached hydrogens (tertiary/aromatic N) is 6. The molecule has 5 aromatic rings. The number of carbonyl (C=O) groups is 1. The summed E-state index contributed by atoms with van der Waals surface area (Å²) in [5.41, 5.74) is 8.63. The van der Waals surface area contributed by atoms with Crippen LogP contribution in [0, 0.1) is 11.3 Å². The highest BCUT2D eigenvalue weighted by molar-refractivity contribution is 6.06. The van der Waals surface area contributed by atoms with Crippen LogP contribution >= 0.6 is 0 Å². The Balaban J connectivity index is 1.12. The molecule has 2 spiro atoms. The molecule has 2 saturated heterocycles. The van der Waals surface area contributed by atoms with Crippen molar-refractivity contribution in [1.82, 2.24) is 34.4 Å². The molecule has 1 saturated carbocycles. The Hall–Kier alpha value is -4.02. The Labute approximate surface area is 249 Å². The zero-order chi connectivity index (χ0) is 28.9. The summed E-state index contributed by atoms with van der Waals surface area (Å²) in [7, 11) is 3.92. The molecule has 1 aromatic carbocycles. The van der Waals surface area contributed by atoms with Crippen molar-refractivity contribution < 1.29 is 14.3 Å². The first-order valence-corrected chi connectivity index (χ1v) is 15.4. The van der Waals surface area contributed by atoms with Gasteiger partial charge in [0, 0.05) is 79.2 Å². The van der Waals surface area contributed by atoms with E-state index in [0.29, 0.717) is 19.8 Å². The van der Waals surface area contributed by atoms with Gasteiger partial charge in [0.2, 0.25) is 5.91 Å². The summed E-state index contributed by atoms with van der Waals surface area (Å²) in [5, 5.41) is 11.2. The van der Waals surface area contributed by atoms with Crippen molar-refractivity contribution in [3.8, 4) is 22.4 Å². The summed E-state index contributed by atoms with van der Waals surface area (Å²) < 4.78 is 16.0. The number of hydrogen-bond donors (Lipinski definition) is 1. The second kappa shape index (κ2) is 9.00. The van der Waals surface area contributed by atoms with Gasteiger partial charge < -0.3 is 19.4 Å². The number of pyridine rings is 1. The van der Waals surface area contributed by atoms with Crippen molar-refractivity contribution in [3.05, 3.63) is 54.1 Å². The van der Waals surface area contributed by atoms with Gasteiger partial charge in [-0.05, 0) is 55.2 Å². The minimum absolute atomic E-state index is 0.0412. The number of H-pyrrole nitrogens is 1. The number of carbonyl (C=O) groups excluding carboxylic acids is 1. The number of piperidine rings is 1. The van der Waals surface area contributed by atoms with E-state index in [2.05, 4.69) is 44.5 Å². The number of benzene rings is 1. The molecule has 1 aliphatic carbocycles. The highest BCUT2D eigenvalue weighted by Gasteiger charge is 2.60. The van der Waals surface area contributed by atoms with Crippen molar-refractivity contribution in [2.24, 2.45) is 25.4 Å². The molecule has 7 heterocycles. The van der Waals surface area contributed by atoms with E-state index < -0.39 is 0 Å². The average molecular weight is 578 g/mol. The zero-order valence-corrected chi connectivity index (χ0v) is 24.6. The van der Waals surface area contributed by atoms with Gasteiger partial charge in [0.15, 0.2) is 0 Å². The molecule has 1 amide bonds. The third-order valence-corrected chi connectivity index (χ3v) is 10.6. The SMILES string of the molecule is Cn1cc(-c2[nH]c3ncc4c(c3c2-c2ccc3c(cnn3C)c2)C2(CC3(CCN(C(=O)[C@H]5CCOC5)CC3)C2)OC4)cn1. The smallest absolute Gasteiger partial charge is 0.228 e. The third kappa shape index (κ3) is 3.72. The molecule has 43 heavy (non-hydrogen) atoms. The lowest BCUT2D eigenvalue weighted by Gasteiger charge is -2.57. The maximum absolute atomic E-state index is 13.1. The first kappa shape index (κ1) is 25.5. The van der Waals surface area contributed by atoms with E-state index >= 15 is 0 Å². The summed E-state index contributed by atoms with van der Waals surface area (Å²) in [6.45, 7) is 3.52. The van der Waals surface area contributed by atoms with Crippen LogP contribution in [0.3, 0.4) is 0 Å². The predicted molar refractivity (Wildman–Crippen MR) is 161 cm³/mol. The van der Waals surface area contributed by atoms with Gasteiger partial charge >= 0.3 is 0 Å². The van der Waals surface area contributed by atoms with Crippen molar-refractivity contribution in [3.63, 3.8) is 0 Å². The molecule has 0 radical (unpaired) electrons. The molecule has 3 fully saturated rings. The van der Waals surface area contributed by atoms with Crippen LogP contribution in [0.25, 0.3) is 44.3 Å². The Morgan fingerprint density at radius 2 is 1.93 bits per heavy atom. The van der Waals surface area contributed by atoms with Crippen LogP contribution < -0.4 is 0 Å². The lowest BCUT2D eigenvalue weighted by atomic mass is 9.53. The lowest BCUT2D eigenvalue weighted by molar-refractivity contribution is -0.184. The molecule has 9 rings (SSSR count). The van der Waals surface area contributed by atoms with Crippen molar-refractivity contribution in [2.45, 2.75) is 44.3 Å². The van der Waals surface area contributed by atoms with Crippen LogP contribution in [0.15, 0.2) is 43.0 Å². The predicted octanol–water partition coefficient (Wildman–Crippen LogP) is 4.68. The highest BCUT2D eigenvalue weighted by Crippen LogP contribution is 2.65. The third-order valence-electron chi connectivity index (χ3n) is 10.6. The topological polar surface area (TPSA) is 103 Å². The van der Waals surface area contributed by atoms with Crippen LogP contribution in [-0.4, -0.2) is 66.6 Å². The van der Waals surface area contributed by atoms with E-state index in [4.69, 9.17) is 14.5 Å². The van der Waals surface area contributed by atoms with Crippen LogP contribution in [-0.2, 0) is 40.6 Å². The van der Waals surface area contributed by atoms with Gasteiger partial charge in [0.1, 0.15) is 5.65 Å². The molecular formula is C33H35N7O3. The number of amides is 1. The largest absolute Gasteiger partial charge is 0.381 e. The Morgan fingerprint density at radius 1 is 1.07 bits per heavy atom. The van der Waals surface area contributed by atoms with Gasteiger partial charge in [0.05, 0.1) is 48.3 Å². The van der Waals surface area contributed by atoms with Crippen molar-refractivity contribution >= 4 is 27.8 Å². The van der Waals surface area contributed by atoms with Gasteiger partial charge in [0.25, 0.3) is 0 Å². The fraction of sp³-hybridized carbons (Fsp3) is 0.455. The fourth-order valence-corrected chi connectivity index (χ4v) is 8.47. The number of nitrogens with one attached hydrogen (secondary N) is 1. The number of fused-ring (bicyclic) bond motifs is 5. The first-order valence-electron chi connectivity index (χ1n) is 15.4. The number of likely N-dealkylation sites (tertiary alicyclic amines) is 1. The Morgan fingerprint density at radius 3 is 2.70 bits per heavy atom. The Bertz CT molecular complexity index is 1910. The number of rotatable bonds is 3. The maximum Gasteiger partial charge on any atom is 0.228 e. The number of aromatic amines is 1. The maximum atomic E-state index is 13.1. The van der Waals surface area contributed by atoms with E-state index in [1.165, 1.54) is 11.1 Å². The van der Waals surface area contributed by atoms with E-state index in [1.807, 2.05) is 42.0 Å². The first-order chi connectivity index (χ1) is 20.9. The highest BCUT2D eigenvalue weighted by atomic mass is 16.5. The molecule has 1 atom stereocenters. The second-order valence-corrected chi connectivity index (χ2v) is 13.2. The standard InChI is InChI=1S/C33H35N7O3/c1-38-15-23(14-35-38)29-26(20-3-4-25-22(11-20)13-36-39(25)2)27-28-24(12-34-30(27)37-29)17-43-33(28)18-32(19-33)6-8-40(9-7-32)31(41)21-5-10-42-16-21/h3-4,11-15,21H,5-10,16-19H2,1-2H3,(H,34,37)/t21-/m0/s1. The lowest BCUT2D eigenvalue weighted by Crippen LogP contribution is -2.55. The number of aryl methyl sites for hydroxylation is 2. The van der Waals surface area contributed by atoms with Crippen molar-refractivity contribution in [1.29, 1.82) is 0 Å². The van der Waals surface area contributed by atoms with Gasteiger partial charge in [-0.1, -0.05) is 6.07 Å². The monoisotopic (exact) mass is 577 g/mol. The molecule has 0 unspecified atom stereocenters. The molecule has 4 aromatic heterocycles. The van der Waals surface area contributed by atoms with E-state index in [0.717, 1.165) is 89.5 Å². The van der Waals surface area contributed by atoms with Gasteiger partial charge in [-0.15, -0.1) is 0 Å². The fourth-order valence-electron chi connectivity index (χ4n) is 8.47. The summed E-state index contributed by atoms with van der Waals surface area (Å²) in [5.74, 6) is 0.321. The molecular weight excluding hydrogens is 542 g/mol. The molecule has 0 bridgehead atoms. The summed E-state index contributed by atoms with van der Waals surface area (Å²) in [6.07, 6.45) is 12.8. The molecule has 10 nitrogen and oxygen atoms in total.